The van der Waals surface area contributed by atoms with Gasteiger partial charge in [-0.2, -0.15) is 0 Å². The Balaban J connectivity index is 2.10. The van der Waals surface area contributed by atoms with E-state index in [1.807, 2.05) is 6.08 Å². The highest BCUT2D eigenvalue weighted by Gasteiger charge is 2.39. The first-order chi connectivity index (χ1) is 8.31. The number of fused-ring (bicyclic) bond motifs is 3. The molecule has 0 radical (unpaired) electrons. The number of benzene rings is 1. The van der Waals surface area contributed by atoms with E-state index in [2.05, 4.69) is 30.8 Å². The lowest BCUT2D eigenvalue weighted by Gasteiger charge is -2.39. The highest BCUT2D eigenvalue weighted by molar-refractivity contribution is 5.87. The highest BCUT2D eigenvalue weighted by Crippen LogP contribution is 2.47. The molecule has 17 heavy (non-hydrogen) atoms. The minimum atomic E-state index is 0.177. The van der Waals surface area contributed by atoms with Crippen LogP contribution in [-0.4, -0.2) is 5.78 Å². The minimum absolute atomic E-state index is 0.177. The summed E-state index contributed by atoms with van der Waals surface area (Å²) in [4.78, 5) is 12.2. The first-order valence-electron chi connectivity index (χ1n) is 6.55. The van der Waals surface area contributed by atoms with Crippen LogP contribution in [0.3, 0.4) is 0 Å². The van der Waals surface area contributed by atoms with Crippen LogP contribution in [0, 0.1) is 5.92 Å². The maximum absolute atomic E-state index is 12.2. The largest absolute Gasteiger partial charge is 0.299 e. The smallest absolute Gasteiger partial charge is 0.140 e. The van der Waals surface area contributed by atoms with Gasteiger partial charge in [0.05, 0.1) is 0 Å². The predicted molar refractivity (Wildman–Crippen MR) is 69.1 cm³/mol. The molecule has 0 aliphatic heterocycles. The molecule has 88 valence electrons. The number of hydrogen-bond donors (Lipinski definition) is 0. The van der Waals surface area contributed by atoms with Crippen LogP contribution in [0.1, 0.15) is 48.6 Å². The SMILES string of the molecule is C=CC1C[C@H]2CCCC(=O)[C@H]2c2ccccc21. The van der Waals surface area contributed by atoms with Gasteiger partial charge in [-0.05, 0) is 36.3 Å². The van der Waals surface area contributed by atoms with Crippen LogP contribution in [0.25, 0.3) is 0 Å². The van der Waals surface area contributed by atoms with E-state index in [0.29, 0.717) is 17.6 Å². The summed E-state index contributed by atoms with van der Waals surface area (Å²) in [6, 6.07) is 8.44. The zero-order valence-electron chi connectivity index (χ0n) is 10.1. The van der Waals surface area contributed by atoms with E-state index < -0.39 is 0 Å². The van der Waals surface area contributed by atoms with Crippen LogP contribution in [0.15, 0.2) is 36.9 Å². The van der Waals surface area contributed by atoms with E-state index >= 15 is 0 Å². The molecular formula is C16H18O. The molecule has 1 aromatic rings. The van der Waals surface area contributed by atoms with Crippen LogP contribution in [0.4, 0.5) is 0 Å². The molecule has 0 saturated heterocycles. The summed E-state index contributed by atoms with van der Waals surface area (Å²) in [6.45, 7) is 3.95. The lowest BCUT2D eigenvalue weighted by Crippen LogP contribution is -2.32. The van der Waals surface area contributed by atoms with E-state index in [0.717, 1.165) is 19.3 Å². The molecule has 1 fully saturated rings. The van der Waals surface area contributed by atoms with Gasteiger partial charge in [0.25, 0.3) is 0 Å². The van der Waals surface area contributed by atoms with Crippen molar-refractivity contribution in [2.24, 2.45) is 5.92 Å². The van der Waals surface area contributed by atoms with Gasteiger partial charge in [0.1, 0.15) is 5.78 Å². The molecular weight excluding hydrogens is 208 g/mol. The van der Waals surface area contributed by atoms with Crippen molar-refractivity contribution in [1.29, 1.82) is 0 Å². The topological polar surface area (TPSA) is 17.1 Å². The quantitative estimate of drug-likeness (QED) is 0.665. The van der Waals surface area contributed by atoms with Gasteiger partial charge in [0.2, 0.25) is 0 Å². The number of carbonyl (C=O) groups excluding carboxylic acids is 1. The van der Waals surface area contributed by atoms with Crippen molar-refractivity contribution in [3.63, 3.8) is 0 Å². The molecule has 0 amide bonds. The van der Waals surface area contributed by atoms with Crippen molar-refractivity contribution in [3.05, 3.63) is 48.0 Å². The summed E-state index contributed by atoms with van der Waals surface area (Å²) >= 11 is 0. The van der Waals surface area contributed by atoms with Crippen LogP contribution in [0.5, 0.6) is 0 Å². The van der Waals surface area contributed by atoms with Crippen LogP contribution in [-0.2, 0) is 4.79 Å². The Labute approximate surface area is 103 Å². The van der Waals surface area contributed by atoms with Crippen molar-refractivity contribution in [2.75, 3.05) is 0 Å². The zero-order chi connectivity index (χ0) is 11.8. The molecule has 1 unspecified atom stereocenters. The first-order valence-corrected chi connectivity index (χ1v) is 6.55. The Hall–Kier alpha value is -1.37. The van der Waals surface area contributed by atoms with E-state index in [1.54, 1.807) is 0 Å². The van der Waals surface area contributed by atoms with E-state index in [-0.39, 0.29) is 5.92 Å². The third kappa shape index (κ3) is 1.65. The molecule has 1 saturated carbocycles. The number of rotatable bonds is 1. The third-order valence-electron chi connectivity index (χ3n) is 4.39. The molecule has 2 aliphatic rings. The standard InChI is InChI=1S/C16H18O/c1-2-11-10-12-6-5-9-15(17)16(12)14-8-4-3-7-13(11)14/h2-4,7-8,11-12,16H,1,5-6,9-10H2/t11?,12-,16-/m1/s1. The van der Waals surface area contributed by atoms with Crippen LogP contribution in [0.2, 0.25) is 0 Å². The fourth-order valence-corrected chi connectivity index (χ4v) is 3.61. The third-order valence-corrected chi connectivity index (χ3v) is 4.39. The van der Waals surface area contributed by atoms with Gasteiger partial charge in [0.15, 0.2) is 0 Å². The molecule has 0 N–H and O–H groups in total. The van der Waals surface area contributed by atoms with Crippen molar-refractivity contribution >= 4 is 5.78 Å². The molecule has 1 nitrogen and oxygen atoms in total. The Kier molecular flexibility index (Phi) is 2.62. The lowest BCUT2D eigenvalue weighted by atomic mass is 9.64. The fourth-order valence-electron chi connectivity index (χ4n) is 3.61. The lowest BCUT2D eigenvalue weighted by molar-refractivity contribution is -0.123. The highest BCUT2D eigenvalue weighted by atomic mass is 16.1. The van der Waals surface area contributed by atoms with Gasteiger partial charge < -0.3 is 0 Å². The van der Waals surface area contributed by atoms with E-state index in [1.165, 1.54) is 17.5 Å². The molecule has 0 aromatic heterocycles. The van der Waals surface area contributed by atoms with Crippen molar-refractivity contribution < 1.29 is 4.79 Å². The average Bonchev–Trinajstić information content (AvgIpc) is 2.37. The van der Waals surface area contributed by atoms with Gasteiger partial charge >= 0.3 is 0 Å². The summed E-state index contributed by atoms with van der Waals surface area (Å²) in [6.07, 6.45) is 6.21. The molecule has 3 rings (SSSR count). The summed E-state index contributed by atoms with van der Waals surface area (Å²) in [5.41, 5.74) is 2.61. The second-order valence-electron chi connectivity index (χ2n) is 5.30. The number of ketones is 1. The number of carbonyl (C=O) groups is 1. The molecule has 0 heterocycles. The Morgan fingerprint density at radius 1 is 1.24 bits per heavy atom. The second kappa shape index (κ2) is 4.14. The Morgan fingerprint density at radius 2 is 2.00 bits per heavy atom. The van der Waals surface area contributed by atoms with E-state index in [9.17, 15) is 4.79 Å². The number of hydrogen-bond acceptors (Lipinski definition) is 1. The normalized spacial score (nSPS) is 31.5. The summed E-state index contributed by atoms with van der Waals surface area (Å²) in [7, 11) is 0. The van der Waals surface area contributed by atoms with Gasteiger partial charge in [-0.1, -0.05) is 30.3 Å². The first kappa shape index (κ1) is 10.8. The molecule has 1 heteroatoms. The van der Waals surface area contributed by atoms with Crippen LogP contribution < -0.4 is 0 Å². The van der Waals surface area contributed by atoms with Crippen molar-refractivity contribution in [1.82, 2.24) is 0 Å². The summed E-state index contributed by atoms with van der Waals surface area (Å²) in [5.74, 6) is 1.62. The fraction of sp³-hybridized carbons (Fsp3) is 0.438. The van der Waals surface area contributed by atoms with Gasteiger partial charge in [0, 0.05) is 18.3 Å². The second-order valence-corrected chi connectivity index (χ2v) is 5.30. The maximum atomic E-state index is 12.2. The summed E-state index contributed by atoms with van der Waals surface area (Å²) in [5, 5.41) is 0. The number of allylic oxidation sites excluding steroid dienone is 1. The van der Waals surface area contributed by atoms with Crippen molar-refractivity contribution in [3.8, 4) is 0 Å². The molecule has 3 atom stereocenters. The molecule has 0 bridgehead atoms. The van der Waals surface area contributed by atoms with E-state index in [4.69, 9.17) is 0 Å². The summed E-state index contributed by atoms with van der Waals surface area (Å²) < 4.78 is 0. The monoisotopic (exact) mass is 226 g/mol. The Morgan fingerprint density at radius 3 is 2.76 bits per heavy atom. The average molecular weight is 226 g/mol. The zero-order valence-corrected chi connectivity index (χ0v) is 10.1. The predicted octanol–water partition coefficient (Wildman–Crippen LogP) is 3.81. The molecule has 0 spiro atoms. The Bertz CT molecular complexity index is 460. The van der Waals surface area contributed by atoms with Crippen molar-refractivity contribution in [2.45, 2.75) is 37.5 Å². The van der Waals surface area contributed by atoms with Gasteiger partial charge in [-0.3, -0.25) is 4.79 Å². The van der Waals surface area contributed by atoms with Gasteiger partial charge in [-0.25, -0.2) is 0 Å². The van der Waals surface area contributed by atoms with Gasteiger partial charge in [-0.15, -0.1) is 6.58 Å². The minimum Gasteiger partial charge on any atom is -0.299 e. The maximum Gasteiger partial charge on any atom is 0.140 e. The van der Waals surface area contributed by atoms with Crippen LogP contribution >= 0.6 is 0 Å². The molecule has 2 aliphatic carbocycles. The number of Topliss-reactive ketones (excluding diaryl/α,β-unsaturated/α-hetero) is 1. The molecule has 1 aromatic carbocycles.